The van der Waals surface area contributed by atoms with Crippen molar-refractivity contribution in [2.24, 2.45) is 0 Å². The molecule has 0 bridgehead atoms. The van der Waals surface area contributed by atoms with E-state index >= 15 is 0 Å². The maximum Gasteiger partial charge on any atom is 0.268 e. The first-order valence-corrected chi connectivity index (χ1v) is 11.4. The van der Waals surface area contributed by atoms with Gasteiger partial charge in [0.1, 0.15) is 0 Å². The predicted molar refractivity (Wildman–Crippen MR) is 115 cm³/mol. The monoisotopic (exact) mass is 417 g/mol. The van der Waals surface area contributed by atoms with Crippen LogP contribution in [0.4, 0.5) is 5.69 Å². The van der Waals surface area contributed by atoms with Crippen molar-refractivity contribution in [2.75, 3.05) is 25.0 Å². The van der Waals surface area contributed by atoms with Crippen LogP contribution in [0.2, 0.25) is 5.02 Å². The lowest BCUT2D eigenvalue weighted by atomic mass is 10.0. The first-order chi connectivity index (χ1) is 13.5. The van der Waals surface area contributed by atoms with Crippen LogP contribution in [0.5, 0.6) is 0 Å². The van der Waals surface area contributed by atoms with Gasteiger partial charge < -0.3 is 10.2 Å². The van der Waals surface area contributed by atoms with Gasteiger partial charge in [-0.1, -0.05) is 30.7 Å². The van der Waals surface area contributed by atoms with Crippen molar-refractivity contribution in [1.29, 1.82) is 0 Å². The molecule has 0 saturated carbocycles. The average Bonchev–Trinajstić information content (AvgIpc) is 3.15. The highest BCUT2D eigenvalue weighted by Crippen LogP contribution is 2.29. The van der Waals surface area contributed by atoms with Gasteiger partial charge in [-0.25, -0.2) is 12.4 Å². The zero-order chi connectivity index (χ0) is 19.7. The van der Waals surface area contributed by atoms with E-state index in [4.69, 9.17) is 11.6 Å². The fourth-order valence-electron chi connectivity index (χ4n) is 3.83. The summed E-state index contributed by atoms with van der Waals surface area (Å²) in [5, 5.41) is 4.94. The molecule has 7 heteroatoms. The molecular formula is C21H24ClN3O2S. The van der Waals surface area contributed by atoms with Gasteiger partial charge in [-0.2, -0.15) is 0 Å². The number of hydrogen-bond donors (Lipinski definition) is 1. The van der Waals surface area contributed by atoms with Crippen molar-refractivity contribution in [3.8, 4) is 0 Å². The molecule has 4 rings (SSSR count). The summed E-state index contributed by atoms with van der Waals surface area (Å²) in [5.41, 5.74) is 1.64. The molecule has 2 heterocycles. The number of fused-ring (bicyclic) bond motifs is 1. The Morgan fingerprint density at radius 3 is 2.57 bits per heavy atom. The van der Waals surface area contributed by atoms with Crippen LogP contribution in [0, 0.1) is 0 Å². The number of likely N-dealkylation sites (tertiary alicyclic amines) is 1. The molecule has 0 aliphatic carbocycles. The molecule has 1 aromatic heterocycles. The Kier molecular flexibility index (Phi) is 5.36. The second-order valence-electron chi connectivity index (χ2n) is 7.17. The minimum Gasteiger partial charge on any atom is -0.382 e. The Balaban J connectivity index is 1.66. The average molecular weight is 418 g/mol. The minimum atomic E-state index is -3.71. The van der Waals surface area contributed by atoms with Crippen molar-refractivity contribution in [2.45, 2.75) is 30.7 Å². The first-order valence-electron chi connectivity index (χ1n) is 9.59. The zero-order valence-corrected chi connectivity index (χ0v) is 17.4. The number of piperidine rings is 1. The van der Waals surface area contributed by atoms with Crippen LogP contribution >= 0.6 is 11.6 Å². The van der Waals surface area contributed by atoms with Gasteiger partial charge in [0, 0.05) is 41.4 Å². The molecule has 3 aromatic rings. The Bertz CT molecular complexity index is 1090. The number of halogens is 1. The minimum absolute atomic E-state index is 0.183. The van der Waals surface area contributed by atoms with E-state index in [1.54, 1.807) is 24.4 Å². The summed E-state index contributed by atoms with van der Waals surface area (Å²) < 4.78 is 27.6. The Morgan fingerprint density at radius 1 is 1.11 bits per heavy atom. The smallest absolute Gasteiger partial charge is 0.268 e. The maximum atomic E-state index is 13.1. The van der Waals surface area contributed by atoms with Crippen LogP contribution in [0.25, 0.3) is 10.9 Å². The summed E-state index contributed by atoms with van der Waals surface area (Å²) in [7, 11) is -3.71. The number of anilines is 1. The second kappa shape index (κ2) is 7.78. The molecule has 0 spiro atoms. The third-order valence-electron chi connectivity index (χ3n) is 5.44. The number of benzene rings is 2. The van der Waals surface area contributed by atoms with Gasteiger partial charge in [-0.15, -0.1) is 0 Å². The van der Waals surface area contributed by atoms with Crippen LogP contribution in [0.15, 0.2) is 59.6 Å². The molecule has 0 unspecified atom stereocenters. The third kappa shape index (κ3) is 3.64. The van der Waals surface area contributed by atoms with Crippen LogP contribution in [-0.4, -0.2) is 43.0 Å². The fraction of sp³-hybridized carbons (Fsp3) is 0.333. The molecule has 28 heavy (non-hydrogen) atoms. The Hall–Kier alpha value is -2.02. The van der Waals surface area contributed by atoms with Gasteiger partial charge in [0.2, 0.25) is 0 Å². The van der Waals surface area contributed by atoms with E-state index in [9.17, 15) is 8.42 Å². The molecular weight excluding hydrogens is 394 g/mol. The number of rotatable bonds is 5. The third-order valence-corrected chi connectivity index (χ3v) is 7.37. The van der Waals surface area contributed by atoms with Crippen LogP contribution in [0.3, 0.4) is 0 Å². The van der Waals surface area contributed by atoms with E-state index in [0.717, 1.165) is 43.5 Å². The van der Waals surface area contributed by atoms with Gasteiger partial charge in [-0.05, 0) is 55.8 Å². The summed E-state index contributed by atoms with van der Waals surface area (Å²) in [6.07, 6.45) is 3.79. The predicted octanol–water partition coefficient (Wildman–Crippen LogP) is 4.43. The molecule has 0 radical (unpaired) electrons. The molecule has 1 N–H and O–H groups in total. The van der Waals surface area contributed by atoms with Gasteiger partial charge in [-0.3, -0.25) is 0 Å². The standard InChI is InChI=1S/C21H24ClN3O2S/c1-2-24-12-9-17(10-13-24)23-20-7-4-8-21-19(20)11-14-25(21)28(26,27)18-6-3-5-16(22)15-18/h3-8,11,14-15,17,23H,2,9-10,12-13H2,1H3. The molecule has 2 aromatic carbocycles. The van der Waals surface area contributed by atoms with E-state index in [-0.39, 0.29) is 4.90 Å². The summed E-state index contributed by atoms with van der Waals surface area (Å²) in [6, 6.07) is 14.4. The lowest BCUT2D eigenvalue weighted by molar-refractivity contribution is 0.229. The van der Waals surface area contributed by atoms with E-state index in [1.165, 1.54) is 10.0 Å². The highest BCUT2D eigenvalue weighted by Gasteiger charge is 2.22. The highest BCUT2D eigenvalue weighted by atomic mass is 35.5. The highest BCUT2D eigenvalue weighted by molar-refractivity contribution is 7.90. The van der Waals surface area contributed by atoms with E-state index in [2.05, 4.69) is 17.1 Å². The normalized spacial score (nSPS) is 16.5. The Labute approximate surface area is 171 Å². The lowest BCUT2D eigenvalue weighted by Crippen LogP contribution is -2.38. The summed E-state index contributed by atoms with van der Waals surface area (Å²) in [6.45, 7) is 5.46. The maximum absolute atomic E-state index is 13.1. The van der Waals surface area contributed by atoms with Gasteiger partial charge in [0.05, 0.1) is 10.4 Å². The van der Waals surface area contributed by atoms with Crippen molar-refractivity contribution in [1.82, 2.24) is 8.87 Å². The number of aromatic nitrogens is 1. The fourth-order valence-corrected chi connectivity index (χ4v) is 5.48. The van der Waals surface area contributed by atoms with Crippen LogP contribution < -0.4 is 5.32 Å². The van der Waals surface area contributed by atoms with Gasteiger partial charge >= 0.3 is 0 Å². The van der Waals surface area contributed by atoms with Crippen LogP contribution in [-0.2, 0) is 10.0 Å². The van der Waals surface area contributed by atoms with Crippen LogP contribution in [0.1, 0.15) is 19.8 Å². The molecule has 148 valence electrons. The first kappa shape index (κ1) is 19.3. The van der Waals surface area contributed by atoms with Crippen molar-refractivity contribution < 1.29 is 8.42 Å². The topological polar surface area (TPSA) is 54.3 Å². The van der Waals surface area contributed by atoms with Gasteiger partial charge in [0.15, 0.2) is 0 Å². The number of nitrogens with zero attached hydrogens (tertiary/aromatic N) is 2. The summed E-state index contributed by atoms with van der Waals surface area (Å²) >= 11 is 6.00. The SMILES string of the molecule is CCN1CCC(Nc2cccc3c2ccn3S(=O)(=O)c2cccc(Cl)c2)CC1. The zero-order valence-electron chi connectivity index (χ0n) is 15.8. The van der Waals surface area contributed by atoms with Crippen molar-refractivity contribution in [3.63, 3.8) is 0 Å². The van der Waals surface area contributed by atoms with E-state index in [0.29, 0.717) is 16.6 Å². The molecule has 5 nitrogen and oxygen atoms in total. The molecule has 0 atom stereocenters. The molecule has 1 aliphatic heterocycles. The quantitative estimate of drug-likeness (QED) is 0.667. The second-order valence-corrected chi connectivity index (χ2v) is 9.42. The molecule has 0 amide bonds. The van der Waals surface area contributed by atoms with Crippen molar-refractivity contribution >= 4 is 38.2 Å². The molecule has 1 saturated heterocycles. The van der Waals surface area contributed by atoms with Gasteiger partial charge in [0.25, 0.3) is 10.0 Å². The van der Waals surface area contributed by atoms with E-state index < -0.39 is 10.0 Å². The van der Waals surface area contributed by atoms with E-state index in [1.807, 2.05) is 24.3 Å². The molecule has 1 aliphatic rings. The lowest BCUT2D eigenvalue weighted by Gasteiger charge is -2.32. The summed E-state index contributed by atoms with van der Waals surface area (Å²) in [5.74, 6) is 0. The number of hydrogen-bond acceptors (Lipinski definition) is 4. The van der Waals surface area contributed by atoms with Crippen molar-refractivity contribution in [3.05, 3.63) is 59.8 Å². The Morgan fingerprint density at radius 2 is 1.86 bits per heavy atom. The number of nitrogens with one attached hydrogen (secondary N) is 1. The molecule has 1 fully saturated rings. The summed E-state index contributed by atoms with van der Waals surface area (Å²) in [4.78, 5) is 2.63. The largest absolute Gasteiger partial charge is 0.382 e.